The van der Waals surface area contributed by atoms with Gasteiger partial charge in [0.25, 0.3) is 0 Å². The standard InChI is InChI=1S/C15H12BrFN2O5/c1-22-14(20)9-6-24-7-19(13(9)15(21)23-2)12-8(5-18)3-4-10(17)11(12)16/h3-4H,6-7H2,1-2H3. The molecule has 0 spiro atoms. The van der Waals surface area contributed by atoms with Crippen LogP contribution >= 0.6 is 15.9 Å². The number of nitriles is 1. The van der Waals surface area contributed by atoms with Gasteiger partial charge in [0.05, 0.1) is 42.1 Å². The number of benzene rings is 1. The number of nitrogens with zero attached hydrogens (tertiary/aromatic N) is 2. The second kappa shape index (κ2) is 7.42. The van der Waals surface area contributed by atoms with Crippen molar-refractivity contribution in [2.45, 2.75) is 0 Å². The maximum Gasteiger partial charge on any atom is 0.355 e. The molecule has 0 aromatic heterocycles. The van der Waals surface area contributed by atoms with Crippen molar-refractivity contribution in [2.24, 2.45) is 0 Å². The Kier molecular flexibility index (Phi) is 5.54. The maximum absolute atomic E-state index is 13.9. The van der Waals surface area contributed by atoms with E-state index in [4.69, 9.17) is 9.47 Å². The zero-order valence-corrected chi connectivity index (χ0v) is 14.3. The van der Waals surface area contributed by atoms with E-state index in [0.29, 0.717) is 0 Å². The number of esters is 2. The predicted molar refractivity (Wildman–Crippen MR) is 83.2 cm³/mol. The van der Waals surface area contributed by atoms with Gasteiger partial charge in [0, 0.05) is 0 Å². The van der Waals surface area contributed by atoms with Crippen LogP contribution in [0.4, 0.5) is 10.1 Å². The summed E-state index contributed by atoms with van der Waals surface area (Å²) in [5.41, 5.74) is -0.118. The minimum Gasteiger partial charge on any atom is -0.466 e. The highest BCUT2D eigenvalue weighted by molar-refractivity contribution is 9.10. The molecule has 1 heterocycles. The van der Waals surface area contributed by atoms with Gasteiger partial charge < -0.3 is 19.1 Å². The Morgan fingerprint density at radius 3 is 2.58 bits per heavy atom. The average Bonchev–Trinajstić information content (AvgIpc) is 2.61. The second-order valence-corrected chi connectivity index (χ2v) is 5.38. The minimum atomic E-state index is -0.834. The molecule has 0 amide bonds. The van der Waals surface area contributed by atoms with E-state index in [0.717, 1.165) is 20.3 Å². The molecule has 1 aromatic rings. The Labute approximate surface area is 145 Å². The van der Waals surface area contributed by atoms with Gasteiger partial charge in [0.2, 0.25) is 0 Å². The zero-order chi connectivity index (χ0) is 17.9. The number of hydrogen-bond acceptors (Lipinski definition) is 7. The van der Waals surface area contributed by atoms with Crippen molar-refractivity contribution in [1.82, 2.24) is 0 Å². The van der Waals surface area contributed by atoms with Crippen LogP contribution < -0.4 is 4.90 Å². The van der Waals surface area contributed by atoms with Crippen LogP contribution in [-0.4, -0.2) is 39.5 Å². The van der Waals surface area contributed by atoms with E-state index in [-0.39, 0.29) is 40.3 Å². The van der Waals surface area contributed by atoms with Crippen LogP contribution in [-0.2, 0) is 23.8 Å². The first kappa shape index (κ1) is 17.9. The van der Waals surface area contributed by atoms with Crippen LogP contribution in [0.15, 0.2) is 27.9 Å². The highest BCUT2D eigenvalue weighted by Gasteiger charge is 2.34. The summed E-state index contributed by atoms with van der Waals surface area (Å²) in [5.74, 6) is -2.26. The molecule has 7 nitrogen and oxygen atoms in total. The van der Waals surface area contributed by atoms with E-state index in [1.807, 2.05) is 6.07 Å². The summed E-state index contributed by atoms with van der Waals surface area (Å²) in [4.78, 5) is 25.3. The van der Waals surface area contributed by atoms with Gasteiger partial charge in [-0.3, -0.25) is 0 Å². The first-order valence-corrected chi connectivity index (χ1v) is 7.38. The molecule has 0 aliphatic carbocycles. The van der Waals surface area contributed by atoms with Gasteiger partial charge in [-0.2, -0.15) is 5.26 Å². The molecule has 0 bridgehead atoms. The lowest BCUT2D eigenvalue weighted by atomic mass is 10.1. The molecule has 2 rings (SSSR count). The van der Waals surface area contributed by atoms with Crippen LogP contribution in [0.3, 0.4) is 0 Å². The van der Waals surface area contributed by atoms with Gasteiger partial charge in [-0.25, -0.2) is 14.0 Å². The molecule has 126 valence electrons. The van der Waals surface area contributed by atoms with Crippen molar-refractivity contribution < 1.29 is 28.2 Å². The van der Waals surface area contributed by atoms with Gasteiger partial charge in [0.1, 0.15) is 24.3 Å². The third-order valence-electron chi connectivity index (χ3n) is 3.29. The third-order valence-corrected chi connectivity index (χ3v) is 4.05. The van der Waals surface area contributed by atoms with Gasteiger partial charge in [-0.05, 0) is 28.1 Å². The number of halogens is 2. The van der Waals surface area contributed by atoms with Gasteiger partial charge in [-0.15, -0.1) is 0 Å². The second-order valence-electron chi connectivity index (χ2n) is 4.59. The molecule has 0 saturated carbocycles. The average molecular weight is 399 g/mol. The molecule has 0 saturated heterocycles. The zero-order valence-electron chi connectivity index (χ0n) is 12.8. The van der Waals surface area contributed by atoms with E-state index < -0.39 is 17.8 Å². The minimum absolute atomic E-state index is 0.0438. The number of carbonyl (C=O) groups excluding carboxylic acids is 2. The van der Waals surface area contributed by atoms with E-state index in [1.54, 1.807) is 0 Å². The number of carbonyl (C=O) groups is 2. The van der Waals surface area contributed by atoms with Gasteiger partial charge in [0.15, 0.2) is 0 Å². The molecule has 0 N–H and O–H groups in total. The lowest BCUT2D eigenvalue weighted by molar-refractivity contribution is -0.140. The van der Waals surface area contributed by atoms with E-state index in [9.17, 15) is 19.2 Å². The largest absolute Gasteiger partial charge is 0.466 e. The van der Waals surface area contributed by atoms with Crippen molar-refractivity contribution >= 4 is 33.6 Å². The number of methoxy groups -OCH3 is 2. The van der Waals surface area contributed by atoms with Crippen LogP contribution in [0.25, 0.3) is 0 Å². The van der Waals surface area contributed by atoms with Crippen molar-refractivity contribution in [2.75, 3.05) is 32.5 Å². The highest BCUT2D eigenvalue weighted by Crippen LogP contribution is 2.36. The summed E-state index contributed by atoms with van der Waals surface area (Å²) >= 11 is 3.07. The topological polar surface area (TPSA) is 88.9 Å². The van der Waals surface area contributed by atoms with Crippen LogP contribution in [0.5, 0.6) is 0 Å². The van der Waals surface area contributed by atoms with E-state index >= 15 is 0 Å². The monoisotopic (exact) mass is 398 g/mol. The number of rotatable bonds is 3. The Morgan fingerprint density at radius 1 is 1.33 bits per heavy atom. The van der Waals surface area contributed by atoms with E-state index in [1.165, 1.54) is 11.0 Å². The molecular formula is C15H12BrFN2O5. The third kappa shape index (κ3) is 3.11. The molecule has 1 aromatic carbocycles. The smallest absolute Gasteiger partial charge is 0.355 e. The van der Waals surface area contributed by atoms with Crippen LogP contribution in [0, 0.1) is 17.1 Å². The van der Waals surface area contributed by atoms with Crippen LogP contribution in [0.1, 0.15) is 5.56 Å². The van der Waals surface area contributed by atoms with Crippen molar-refractivity contribution in [3.05, 3.63) is 39.3 Å². The van der Waals surface area contributed by atoms with Gasteiger partial charge >= 0.3 is 11.9 Å². The first-order chi connectivity index (χ1) is 11.5. The molecule has 0 unspecified atom stereocenters. The number of ether oxygens (including phenoxy) is 3. The summed E-state index contributed by atoms with van der Waals surface area (Å²) in [5, 5.41) is 9.28. The Morgan fingerprint density at radius 2 is 2.00 bits per heavy atom. The summed E-state index contributed by atoms with van der Waals surface area (Å²) < 4.78 is 28.6. The molecule has 1 aliphatic heterocycles. The van der Waals surface area contributed by atoms with Crippen molar-refractivity contribution in [3.8, 4) is 6.07 Å². The molecule has 1 aliphatic rings. The van der Waals surface area contributed by atoms with Gasteiger partial charge in [-0.1, -0.05) is 0 Å². The van der Waals surface area contributed by atoms with E-state index in [2.05, 4.69) is 20.7 Å². The van der Waals surface area contributed by atoms with Crippen molar-refractivity contribution in [1.29, 1.82) is 5.26 Å². The molecule has 0 atom stereocenters. The molecule has 9 heteroatoms. The predicted octanol–water partition coefficient (Wildman–Crippen LogP) is 1.85. The fourth-order valence-electron chi connectivity index (χ4n) is 2.21. The summed E-state index contributed by atoms with van der Waals surface area (Å²) in [6.07, 6.45) is 0. The SMILES string of the molecule is COC(=O)C1=C(C(=O)OC)N(c2c(C#N)ccc(F)c2Br)COC1. The number of anilines is 1. The van der Waals surface area contributed by atoms with Crippen LogP contribution in [0.2, 0.25) is 0 Å². The quantitative estimate of drug-likeness (QED) is 0.717. The summed E-state index contributed by atoms with van der Waals surface area (Å²) in [7, 11) is 2.30. The van der Waals surface area contributed by atoms with Crippen molar-refractivity contribution in [3.63, 3.8) is 0 Å². The summed E-state index contributed by atoms with van der Waals surface area (Å²) in [6.45, 7) is -0.357. The molecule has 24 heavy (non-hydrogen) atoms. The lowest BCUT2D eigenvalue weighted by Crippen LogP contribution is -2.39. The molecule has 0 fully saturated rings. The molecule has 0 radical (unpaired) electrons. The Hall–Kier alpha value is -2.44. The summed E-state index contributed by atoms with van der Waals surface area (Å²) in [6, 6.07) is 4.28. The normalized spacial score (nSPS) is 14.2. The Balaban J connectivity index is 2.73. The highest BCUT2D eigenvalue weighted by atomic mass is 79.9. The maximum atomic E-state index is 13.9. The lowest BCUT2D eigenvalue weighted by Gasteiger charge is -2.32. The fraction of sp³-hybridized carbons (Fsp3) is 0.267. The fourth-order valence-corrected chi connectivity index (χ4v) is 2.77. The Bertz CT molecular complexity index is 772. The first-order valence-electron chi connectivity index (χ1n) is 6.59. The number of hydrogen-bond donors (Lipinski definition) is 0. The molecular weight excluding hydrogens is 387 g/mol.